The van der Waals surface area contributed by atoms with E-state index >= 15 is 0 Å². The second-order valence-electron chi connectivity index (χ2n) is 10.8. The van der Waals surface area contributed by atoms with Gasteiger partial charge in [0.05, 0.1) is 25.4 Å². The van der Waals surface area contributed by atoms with Crippen LogP contribution in [0, 0.1) is 0 Å². The van der Waals surface area contributed by atoms with Gasteiger partial charge in [0, 0.05) is 32.4 Å². The molecular formula is C27H47N3O15. The average molecular weight is 654 g/mol. The number of hydrogen-bond donors (Lipinski definition) is 9. The van der Waals surface area contributed by atoms with E-state index in [-0.39, 0.29) is 45.6 Å². The first-order chi connectivity index (χ1) is 21.4. The number of ether oxygens (including phenoxy) is 4. The van der Waals surface area contributed by atoms with Crippen molar-refractivity contribution in [3.8, 4) is 0 Å². The number of amides is 2. The van der Waals surface area contributed by atoms with Crippen molar-refractivity contribution < 1.29 is 73.6 Å². The molecule has 0 unspecified atom stereocenters. The van der Waals surface area contributed by atoms with Crippen LogP contribution in [0.3, 0.4) is 0 Å². The maximum atomic E-state index is 12.8. The summed E-state index contributed by atoms with van der Waals surface area (Å²) in [5.41, 5.74) is 2.37. The molecule has 2 rings (SSSR count). The number of unbranched alkanes of at least 4 members (excludes halogenated alkanes) is 2. The zero-order valence-electron chi connectivity index (χ0n) is 25.4. The van der Waals surface area contributed by atoms with Crippen LogP contribution < -0.4 is 16.1 Å². The molecule has 45 heavy (non-hydrogen) atoms. The number of aliphatic hydroxyl groups is 6. The van der Waals surface area contributed by atoms with Crippen molar-refractivity contribution in [3.63, 3.8) is 0 Å². The highest BCUT2D eigenvalue weighted by Gasteiger charge is 2.43. The molecule has 11 atom stereocenters. The van der Waals surface area contributed by atoms with E-state index < -0.39 is 85.2 Å². The number of hydrogen-bond acceptors (Lipinski definition) is 16. The zero-order chi connectivity index (χ0) is 33.5. The fourth-order valence-corrected chi connectivity index (χ4v) is 4.43. The first-order valence-corrected chi connectivity index (χ1v) is 14.9. The van der Waals surface area contributed by atoms with Gasteiger partial charge >= 0.3 is 5.97 Å². The Bertz CT molecular complexity index is 930. The molecule has 0 radical (unpaired) electrons. The summed E-state index contributed by atoms with van der Waals surface area (Å²) in [7, 11) is 0. The van der Waals surface area contributed by atoms with Crippen molar-refractivity contribution in [1.82, 2.24) is 16.1 Å². The van der Waals surface area contributed by atoms with Gasteiger partial charge in [-0.15, -0.1) is 5.48 Å². The van der Waals surface area contributed by atoms with Crippen LogP contribution in [0.2, 0.25) is 0 Å². The molecule has 0 aliphatic carbocycles. The Morgan fingerprint density at radius 1 is 0.756 bits per heavy atom. The molecule has 0 saturated carbocycles. The molecule has 2 heterocycles. The number of nitrogens with one attached hydrogen (secondary N) is 3. The number of hydroxylamine groups is 1. The Labute approximate surface area is 260 Å². The van der Waals surface area contributed by atoms with Crippen LogP contribution in [0.5, 0.6) is 0 Å². The van der Waals surface area contributed by atoms with E-state index in [1.54, 1.807) is 0 Å². The summed E-state index contributed by atoms with van der Waals surface area (Å²) in [6.07, 6.45) is -10.9. The predicted octanol–water partition coefficient (Wildman–Crippen LogP) is -4.14. The largest absolute Gasteiger partial charge is 0.388 e. The number of carbonyl (C=O) groups excluding carboxylic acids is 4. The third kappa shape index (κ3) is 12.7. The molecule has 0 spiro atoms. The normalized spacial score (nSPS) is 32.4. The fraction of sp³-hybridized carbons (Fsp3) is 0.852. The third-order valence-corrected chi connectivity index (χ3v) is 7.25. The predicted molar refractivity (Wildman–Crippen MR) is 149 cm³/mol. The molecule has 18 nitrogen and oxygen atoms in total. The standard InChI is InChI=1S/C27H47N3O15/c1-14-19(34)21(36)23(38)26(43-14)41-12-9-28-17(32)8-7-16(30-45-18(33)6-4-3-5-11-31)25(40)29-10-13-42-27-24(39)22(37)20(35)15(2)44-27/h11,14-16,19-24,26-27,30,34-39H,3-10,12-13H2,1-2H3,(H,28,32)(H,29,40)/t14-,15-,16-,19+,20+,21+,22+,23-,24-,26+,27+/m0/s1. The van der Waals surface area contributed by atoms with Crippen LogP contribution >= 0.6 is 0 Å². The van der Waals surface area contributed by atoms with Crippen molar-refractivity contribution in [3.05, 3.63) is 0 Å². The third-order valence-electron chi connectivity index (χ3n) is 7.25. The van der Waals surface area contributed by atoms with Crippen molar-refractivity contribution in [1.29, 1.82) is 0 Å². The smallest absolute Gasteiger partial charge is 0.324 e. The molecular weight excluding hydrogens is 606 g/mol. The van der Waals surface area contributed by atoms with E-state index in [9.17, 15) is 49.8 Å². The molecule has 18 heteroatoms. The van der Waals surface area contributed by atoms with E-state index in [0.717, 1.165) is 6.29 Å². The lowest BCUT2D eigenvalue weighted by Crippen LogP contribution is -2.57. The molecule has 2 aliphatic heterocycles. The molecule has 2 fully saturated rings. The number of rotatable bonds is 19. The van der Waals surface area contributed by atoms with Gasteiger partial charge in [-0.25, -0.2) is 0 Å². The Morgan fingerprint density at radius 2 is 1.29 bits per heavy atom. The number of aldehydes is 1. The fourth-order valence-electron chi connectivity index (χ4n) is 4.43. The minimum atomic E-state index is -1.51. The lowest BCUT2D eigenvalue weighted by atomic mass is 10.0. The highest BCUT2D eigenvalue weighted by atomic mass is 16.7. The van der Waals surface area contributed by atoms with Crippen molar-refractivity contribution in [2.24, 2.45) is 0 Å². The SMILES string of the molecule is C[C@@H]1O[C@@H](OCCNC(=O)CC[C@H](NOC(=O)CCCCC=O)C(=O)NCCO[C@@H]2O[C@@H](C)[C@@H](O)[C@@H](O)[C@@H]2O)[C@@H](O)[C@H](O)[C@@H]1O. The van der Waals surface area contributed by atoms with Crippen LogP contribution in [-0.2, 0) is 43.0 Å². The van der Waals surface area contributed by atoms with Gasteiger partial charge < -0.3 is 69.9 Å². The van der Waals surface area contributed by atoms with E-state index in [2.05, 4.69) is 16.1 Å². The lowest BCUT2D eigenvalue weighted by Gasteiger charge is -2.38. The van der Waals surface area contributed by atoms with Gasteiger partial charge in [-0.1, -0.05) is 0 Å². The second-order valence-corrected chi connectivity index (χ2v) is 10.8. The highest BCUT2D eigenvalue weighted by molar-refractivity contribution is 5.83. The van der Waals surface area contributed by atoms with Gasteiger partial charge in [0.1, 0.15) is 49.0 Å². The van der Waals surface area contributed by atoms with E-state index in [0.29, 0.717) is 19.3 Å². The summed E-state index contributed by atoms with van der Waals surface area (Å²) >= 11 is 0. The molecule has 2 saturated heterocycles. The van der Waals surface area contributed by atoms with Crippen LogP contribution in [0.1, 0.15) is 52.4 Å². The van der Waals surface area contributed by atoms with Gasteiger partial charge in [-0.2, -0.15) is 0 Å². The van der Waals surface area contributed by atoms with Gasteiger partial charge in [0.25, 0.3) is 0 Å². The monoisotopic (exact) mass is 653 g/mol. The van der Waals surface area contributed by atoms with Crippen LogP contribution in [0.15, 0.2) is 0 Å². The summed E-state index contributed by atoms with van der Waals surface area (Å²) in [6, 6.07) is -1.15. The lowest BCUT2D eigenvalue weighted by molar-refractivity contribution is -0.292. The second kappa shape index (κ2) is 20.0. The van der Waals surface area contributed by atoms with Crippen molar-refractivity contribution in [2.45, 2.75) is 120 Å². The van der Waals surface area contributed by atoms with Crippen LogP contribution in [0.25, 0.3) is 0 Å². The van der Waals surface area contributed by atoms with Gasteiger partial charge in [-0.3, -0.25) is 14.4 Å². The zero-order valence-corrected chi connectivity index (χ0v) is 25.4. The van der Waals surface area contributed by atoms with Gasteiger partial charge in [0.15, 0.2) is 12.6 Å². The summed E-state index contributed by atoms with van der Waals surface area (Å²) in [5.74, 6) is -1.79. The number of carbonyl (C=O) groups is 4. The van der Waals surface area contributed by atoms with E-state index in [1.807, 2.05) is 0 Å². The molecule has 0 aromatic heterocycles. The summed E-state index contributed by atoms with van der Waals surface area (Å²) in [5, 5.41) is 64.4. The van der Waals surface area contributed by atoms with E-state index in [4.69, 9.17) is 23.8 Å². The van der Waals surface area contributed by atoms with Gasteiger partial charge in [0.2, 0.25) is 11.8 Å². The molecule has 9 N–H and O–H groups in total. The topological polar surface area (TPSA) is 272 Å². The average Bonchev–Trinajstić information content (AvgIpc) is 3.02. The maximum Gasteiger partial charge on any atom is 0.324 e. The first-order valence-electron chi connectivity index (χ1n) is 14.9. The summed E-state index contributed by atoms with van der Waals surface area (Å²) in [6.45, 7) is 2.66. The number of aliphatic hydroxyl groups excluding tert-OH is 6. The highest BCUT2D eigenvalue weighted by Crippen LogP contribution is 2.22. The van der Waals surface area contributed by atoms with Crippen LogP contribution in [-0.4, -0.2) is 148 Å². The van der Waals surface area contributed by atoms with Crippen LogP contribution in [0.4, 0.5) is 0 Å². The summed E-state index contributed by atoms with van der Waals surface area (Å²) < 4.78 is 21.4. The van der Waals surface area contributed by atoms with Crippen molar-refractivity contribution in [2.75, 3.05) is 26.3 Å². The van der Waals surface area contributed by atoms with Crippen molar-refractivity contribution >= 4 is 24.1 Å². The summed E-state index contributed by atoms with van der Waals surface area (Å²) in [4.78, 5) is 52.7. The molecule has 2 aliphatic rings. The van der Waals surface area contributed by atoms with Gasteiger partial charge in [-0.05, 0) is 33.1 Å². The minimum Gasteiger partial charge on any atom is -0.388 e. The molecule has 0 aromatic rings. The quantitative estimate of drug-likeness (QED) is 0.0364. The minimum absolute atomic E-state index is 0.000360. The molecule has 0 aromatic carbocycles. The molecule has 260 valence electrons. The molecule has 2 amide bonds. The Morgan fingerprint density at radius 3 is 1.82 bits per heavy atom. The molecule has 0 bridgehead atoms. The van der Waals surface area contributed by atoms with E-state index in [1.165, 1.54) is 13.8 Å². The Balaban J connectivity index is 1.79. The maximum absolute atomic E-state index is 12.8. The first kappa shape index (κ1) is 38.8. The Kier molecular flexibility index (Phi) is 17.3. The Hall–Kier alpha value is -2.36.